The lowest BCUT2D eigenvalue weighted by Gasteiger charge is -2.08. The number of hydrogen-bond donors (Lipinski definition) is 0. The van der Waals surface area contributed by atoms with E-state index in [1.165, 1.54) is 11.8 Å². The summed E-state index contributed by atoms with van der Waals surface area (Å²) in [5.74, 6) is 2.01. The fraction of sp³-hybridized carbons (Fsp3) is 0.438. The molecule has 124 valence electrons. The van der Waals surface area contributed by atoms with Gasteiger partial charge in [-0.25, -0.2) is 0 Å². The van der Waals surface area contributed by atoms with E-state index in [1.54, 1.807) is 6.92 Å². The predicted molar refractivity (Wildman–Crippen MR) is 88.5 cm³/mol. The molecule has 2 aromatic rings. The summed E-state index contributed by atoms with van der Waals surface area (Å²) in [7, 11) is 1.89. The van der Waals surface area contributed by atoms with Crippen molar-refractivity contribution in [2.24, 2.45) is 7.05 Å². The maximum Gasteiger partial charge on any atom is 0.306 e. The number of carbonyl (C=O) groups is 1. The van der Waals surface area contributed by atoms with Crippen LogP contribution < -0.4 is 4.74 Å². The molecule has 0 N–H and O–H groups in total. The fourth-order valence-corrected chi connectivity index (χ4v) is 2.76. The van der Waals surface area contributed by atoms with E-state index in [4.69, 9.17) is 9.47 Å². The standard InChI is InChI=1S/C16H21N3O3S/c1-4-21-15(20)9-10-23-16-18-17-14(19(16)3)11-22-13-8-6-5-7-12(13)2/h5-8H,4,9-11H2,1-3H3. The Morgan fingerprint density at radius 1 is 1.30 bits per heavy atom. The van der Waals surface area contributed by atoms with Crippen molar-refractivity contribution in [3.8, 4) is 5.75 Å². The van der Waals surface area contributed by atoms with Crippen LogP contribution in [0.2, 0.25) is 0 Å². The largest absolute Gasteiger partial charge is 0.485 e. The molecule has 0 fully saturated rings. The zero-order chi connectivity index (χ0) is 16.7. The van der Waals surface area contributed by atoms with Crippen LogP contribution in [0.3, 0.4) is 0 Å². The van der Waals surface area contributed by atoms with Gasteiger partial charge < -0.3 is 14.0 Å². The highest BCUT2D eigenvalue weighted by atomic mass is 32.2. The number of thioether (sulfide) groups is 1. The molecule has 0 saturated heterocycles. The molecule has 0 aliphatic heterocycles. The molecule has 0 aliphatic carbocycles. The highest BCUT2D eigenvalue weighted by Crippen LogP contribution is 2.20. The molecule has 0 radical (unpaired) electrons. The minimum Gasteiger partial charge on any atom is -0.485 e. The van der Waals surface area contributed by atoms with Gasteiger partial charge in [0.05, 0.1) is 13.0 Å². The summed E-state index contributed by atoms with van der Waals surface area (Å²) in [5.41, 5.74) is 1.08. The van der Waals surface area contributed by atoms with Crippen LogP contribution in [-0.4, -0.2) is 33.1 Å². The first-order valence-electron chi connectivity index (χ1n) is 7.47. The lowest BCUT2D eigenvalue weighted by atomic mass is 10.2. The van der Waals surface area contributed by atoms with Gasteiger partial charge in [-0.05, 0) is 25.5 Å². The van der Waals surface area contributed by atoms with Crippen LogP contribution >= 0.6 is 11.8 Å². The number of para-hydroxylation sites is 1. The minimum absolute atomic E-state index is 0.190. The van der Waals surface area contributed by atoms with Crippen LogP contribution in [0.1, 0.15) is 24.7 Å². The lowest BCUT2D eigenvalue weighted by Crippen LogP contribution is -2.06. The van der Waals surface area contributed by atoms with E-state index >= 15 is 0 Å². The average molecular weight is 335 g/mol. The Morgan fingerprint density at radius 2 is 2.09 bits per heavy atom. The lowest BCUT2D eigenvalue weighted by molar-refractivity contribution is -0.142. The number of aromatic nitrogens is 3. The second-order valence-corrected chi connectivity index (χ2v) is 5.98. The molecule has 0 aliphatic rings. The normalized spacial score (nSPS) is 10.6. The number of ether oxygens (including phenoxy) is 2. The molecule has 1 aromatic carbocycles. The molecule has 0 spiro atoms. The Labute approximate surface area is 140 Å². The first-order valence-corrected chi connectivity index (χ1v) is 8.45. The Kier molecular flexibility index (Phi) is 6.46. The molecule has 1 aromatic heterocycles. The molecule has 0 unspecified atom stereocenters. The maximum atomic E-state index is 11.3. The monoisotopic (exact) mass is 335 g/mol. The summed E-state index contributed by atoms with van der Waals surface area (Å²) < 4.78 is 12.6. The molecule has 6 nitrogen and oxygen atoms in total. The van der Waals surface area contributed by atoms with Crippen LogP contribution in [0, 0.1) is 6.92 Å². The van der Waals surface area contributed by atoms with Crippen molar-refractivity contribution in [2.75, 3.05) is 12.4 Å². The molecule has 0 amide bonds. The van der Waals surface area contributed by atoms with Gasteiger partial charge in [0.1, 0.15) is 12.4 Å². The molecule has 7 heteroatoms. The number of rotatable bonds is 8. The Balaban J connectivity index is 1.87. The van der Waals surface area contributed by atoms with Crippen LogP contribution in [0.25, 0.3) is 0 Å². The highest BCUT2D eigenvalue weighted by Gasteiger charge is 2.11. The molecule has 23 heavy (non-hydrogen) atoms. The number of aryl methyl sites for hydroxylation is 1. The van der Waals surface area contributed by atoms with Gasteiger partial charge in [-0.15, -0.1) is 10.2 Å². The van der Waals surface area contributed by atoms with E-state index in [-0.39, 0.29) is 5.97 Å². The third kappa shape index (κ3) is 4.99. The van der Waals surface area contributed by atoms with Crippen LogP contribution in [0.4, 0.5) is 0 Å². The molecule has 0 saturated carbocycles. The summed E-state index contributed by atoms with van der Waals surface area (Å²) >= 11 is 1.48. The molecule has 1 heterocycles. The van der Waals surface area contributed by atoms with Crippen molar-refractivity contribution in [1.82, 2.24) is 14.8 Å². The average Bonchev–Trinajstić information content (AvgIpc) is 2.88. The fourth-order valence-electron chi connectivity index (χ4n) is 1.92. The van der Waals surface area contributed by atoms with E-state index in [0.29, 0.717) is 25.4 Å². The molecule has 0 bridgehead atoms. The number of benzene rings is 1. The van der Waals surface area contributed by atoms with Crippen LogP contribution in [-0.2, 0) is 23.2 Å². The summed E-state index contributed by atoms with van der Waals surface area (Å²) in [6.07, 6.45) is 0.362. The second-order valence-electron chi connectivity index (χ2n) is 4.92. The Bertz CT molecular complexity index is 658. The van der Waals surface area contributed by atoms with Crippen molar-refractivity contribution in [1.29, 1.82) is 0 Å². The zero-order valence-electron chi connectivity index (χ0n) is 13.6. The van der Waals surface area contributed by atoms with Crippen molar-refractivity contribution in [2.45, 2.75) is 32.0 Å². The highest BCUT2D eigenvalue weighted by molar-refractivity contribution is 7.99. The topological polar surface area (TPSA) is 66.2 Å². The Hall–Kier alpha value is -2.02. The van der Waals surface area contributed by atoms with Gasteiger partial charge in [-0.2, -0.15) is 0 Å². The molecular formula is C16H21N3O3S. The maximum absolute atomic E-state index is 11.3. The number of hydrogen-bond acceptors (Lipinski definition) is 6. The first-order chi connectivity index (χ1) is 11.1. The quantitative estimate of drug-likeness (QED) is 0.546. The number of esters is 1. The van der Waals surface area contributed by atoms with Gasteiger partial charge in [-0.1, -0.05) is 30.0 Å². The van der Waals surface area contributed by atoms with E-state index in [9.17, 15) is 4.79 Å². The van der Waals surface area contributed by atoms with Gasteiger partial charge in [0.15, 0.2) is 11.0 Å². The zero-order valence-corrected chi connectivity index (χ0v) is 14.4. The number of nitrogens with zero attached hydrogens (tertiary/aromatic N) is 3. The minimum atomic E-state index is -0.190. The number of carbonyl (C=O) groups excluding carboxylic acids is 1. The van der Waals surface area contributed by atoms with Crippen LogP contribution in [0.5, 0.6) is 5.75 Å². The molecule has 2 rings (SSSR count). The summed E-state index contributed by atoms with van der Waals surface area (Å²) in [4.78, 5) is 11.3. The van der Waals surface area contributed by atoms with E-state index in [2.05, 4.69) is 10.2 Å². The van der Waals surface area contributed by atoms with Gasteiger partial charge in [0.2, 0.25) is 0 Å². The molecular weight excluding hydrogens is 314 g/mol. The molecule has 0 atom stereocenters. The van der Waals surface area contributed by atoms with E-state index < -0.39 is 0 Å². The predicted octanol–water partition coefficient (Wildman–Crippen LogP) is 2.75. The van der Waals surface area contributed by atoms with Gasteiger partial charge in [0.25, 0.3) is 0 Å². The van der Waals surface area contributed by atoms with Crippen molar-refractivity contribution < 1.29 is 14.3 Å². The van der Waals surface area contributed by atoms with Crippen molar-refractivity contribution in [3.05, 3.63) is 35.7 Å². The van der Waals surface area contributed by atoms with Crippen molar-refractivity contribution >= 4 is 17.7 Å². The van der Waals surface area contributed by atoms with Crippen LogP contribution in [0.15, 0.2) is 29.4 Å². The Morgan fingerprint density at radius 3 is 2.83 bits per heavy atom. The van der Waals surface area contributed by atoms with E-state index in [0.717, 1.165) is 22.3 Å². The van der Waals surface area contributed by atoms with Gasteiger partial charge in [-0.3, -0.25) is 4.79 Å². The van der Waals surface area contributed by atoms with E-state index in [1.807, 2.05) is 42.8 Å². The van der Waals surface area contributed by atoms with Crippen molar-refractivity contribution in [3.63, 3.8) is 0 Å². The SMILES string of the molecule is CCOC(=O)CCSc1nnc(COc2ccccc2C)n1C. The van der Waals surface area contributed by atoms with Gasteiger partial charge in [0, 0.05) is 12.8 Å². The third-order valence-electron chi connectivity index (χ3n) is 3.22. The summed E-state index contributed by atoms with van der Waals surface area (Å²) in [6, 6.07) is 7.85. The smallest absolute Gasteiger partial charge is 0.306 e. The summed E-state index contributed by atoms with van der Waals surface area (Å²) in [5, 5.41) is 9.04. The summed E-state index contributed by atoms with van der Waals surface area (Å²) in [6.45, 7) is 4.57. The van der Waals surface area contributed by atoms with Gasteiger partial charge >= 0.3 is 5.97 Å². The third-order valence-corrected chi connectivity index (χ3v) is 4.24. The second kappa shape index (κ2) is 8.57. The first kappa shape index (κ1) is 17.3.